The van der Waals surface area contributed by atoms with Gasteiger partial charge in [0.25, 0.3) is 0 Å². The first kappa shape index (κ1) is 16.8. The minimum Gasteiger partial charge on any atom is -0.368 e. The van der Waals surface area contributed by atoms with E-state index in [1.807, 2.05) is 0 Å². The fraction of sp³-hybridized carbons (Fsp3) is 0.667. The maximum Gasteiger partial charge on any atom is 0.0425 e. The van der Waals surface area contributed by atoms with Gasteiger partial charge in [-0.2, -0.15) is 0 Å². The van der Waals surface area contributed by atoms with Crippen LogP contribution in [0.5, 0.6) is 0 Å². The van der Waals surface area contributed by atoms with Gasteiger partial charge in [0, 0.05) is 35.3 Å². The van der Waals surface area contributed by atoms with Crippen molar-refractivity contribution in [1.82, 2.24) is 5.32 Å². The molecule has 0 aromatic heterocycles. The highest BCUT2D eigenvalue weighted by atomic mass is 79.9. The van der Waals surface area contributed by atoms with Gasteiger partial charge in [-0.05, 0) is 37.0 Å². The minimum absolute atomic E-state index is 0.521. The second-order valence-electron chi connectivity index (χ2n) is 6.41. The van der Waals surface area contributed by atoms with Gasteiger partial charge in [-0.1, -0.05) is 55.6 Å². The normalized spacial score (nSPS) is 19.9. The van der Waals surface area contributed by atoms with Crippen molar-refractivity contribution in [2.45, 2.75) is 71.5 Å². The summed E-state index contributed by atoms with van der Waals surface area (Å²) in [5.74, 6) is 0. The van der Waals surface area contributed by atoms with Gasteiger partial charge < -0.3 is 10.2 Å². The number of benzene rings is 1. The third kappa shape index (κ3) is 4.72. The zero-order valence-electron chi connectivity index (χ0n) is 13.7. The molecule has 0 spiro atoms. The van der Waals surface area contributed by atoms with Crippen molar-refractivity contribution in [1.29, 1.82) is 0 Å². The fourth-order valence-corrected chi connectivity index (χ4v) is 3.54. The standard InChI is InChI=1S/C18H29BrN2/c1-4-17-8-6-5-7-11-21(17)18-12-16(19)10-9-15(18)13-20-14(2)3/h9-10,12,14,17,20H,4-8,11,13H2,1-3H3. The Bertz CT molecular complexity index is 445. The first-order chi connectivity index (χ1) is 10.1. The number of halogens is 1. The Morgan fingerprint density at radius 2 is 2.10 bits per heavy atom. The summed E-state index contributed by atoms with van der Waals surface area (Å²) < 4.78 is 1.19. The molecule has 0 radical (unpaired) electrons. The summed E-state index contributed by atoms with van der Waals surface area (Å²) in [4.78, 5) is 2.66. The molecule has 2 nitrogen and oxygen atoms in total. The van der Waals surface area contributed by atoms with E-state index in [1.165, 1.54) is 54.4 Å². The largest absolute Gasteiger partial charge is 0.368 e. The Morgan fingerprint density at radius 1 is 1.29 bits per heavy atom. The van der Waals surface area contributed by atoms with Crippen LogP contribution in [0.1, 0.15) is 58.4 Å². The topological polar surface area (TPSA) is 15.3 Å². The molecule has 1 aromatic rings. The van der Waals surface area contributed by atoms with Crippen molar-refractivity contribution in [3.05, 3.63) is 28.2 Å². The highest BCUT2D eigenvalue weighted by Gasteiger charge is 2.22. The third-order valence-electron chi connectivity index (χ3n) is 4.41. The van der Waals surface area contributed by atoms with E-state index in [0.29, 0.717) is 12.1 Å². The highest BCUT2D eigenvalue weighted by Crippen LogP contribution is 2.31. The van der Waals surface area contributed by atoms with E-state index in [2.05, 4.69) is 65.1 Å². The highest BCUT2D eigenvalue weighted by molar-refractivity contribution is 9.10. The molecule has 21 heavy (non-hydrogen) atoms. The molecule has 2 rings (SSSR count). The average Bonchev–Trinajstić information content (AvgIpc) is 2.70. The van der Waals surface area contributed by atoms with Crippen LogP contribution in [0.15, 0.2) is 22.7 Å². The molecule has 1 saturated heterocycles. The van der Waals surface area contributed by atoms with Crippen LogP contribution in [0, 0.1) is 0 Å². The Hall–Kier alpha value is -0.540. The first-order valence-corrected chi connectivity index (χ1v) is 9.19. The van der Waals surface area contributed by atoms with Crippen molar-refractivity contribution < 1.29 is 0 Å². The van der Waals surface area contributed by atoms with Crippen LogP contribution >= 0.6 is 15.9 Å². The number of hydrogen-bond acceptors (Lipinski definition) is 2. The molecule has 1 unspecified atom stereocenters. The molecule has 1 atom stereocenters. The molecule has 0 amide bonds. The number of anilines is 1. The molecule has 3 heteroatoms. The lowest BCUT2D eigenvalue weighted by Gasteiger charge is -2.33. The summed E-state index contributed by atoms with van der Waals surface area (Å²) >= 11 is 3.66. The van der Waals surface area contributed by atoms with Crippen molar-refractivity contribution in [3.8, 4) is 0 Å². The molecule has 1 aromatic carbocycles. The van der Waals surface area contributed by atoms with Crippen molar-refractivity contribution in [2.75, 3.05) is 11.4 Å². The summed E-state index contributed by atoms with van der Waals surface area (Å²) in [5.41, 5.74) is 2.85. The summed E-state index contributed by atoms with van der Waals surface area (Å²) in [5, 5.41) is 3.57. The molecular formula is C18H29BrN2. The molecule has 1 aliphatic rings. The molecular weight excluding hydrogens is 324 g/mol. The fourth-order valence-electron chi connectivity index (χ4n) is 3.19. The van der Waals surface area contributed by atoms with E-state index < -0.39 is 0 Å². The number of nitrogens with zero attached hydrogens (tertiary/aromatic N) is 1. The smallest absolute Gasteiger partial charge is 0.0425 e. The lowest BCUT2D eigenvalue weighted by Crippen LogP contribution is -2.35. The maximum atomic E-state index is 3.66. The lowest BCUT2D eigenvalue weighted by molar-refractivity contribution is 0.549. The summed E-state index contributed by atoms with van der Waals surface area (Å²) in [7, 11) is 0. The van der Waals surface area contributed by atoms with Crippen LogP contribution in [0.25, 0.3) is 0 Å². The third-order valence-corrected chi connectivity index (χ3v) is 4.90. The summed E-state index contributed by atoms with van der Waals surface area (Å²) in [6, 6.07) is 7.96. The summed E-state index contributed by atoms with van der Waals surface area (Å²) in [6.45, 7) is 8.89. The van der Waals surface area contributed by atoms with E-state index >= 15 is 0 Å². The average molecular weight is 353 g/mol. The van der Waals surface area contributed by atoms with E-state index in [-0.39, 0.29) is 0 Å². The number of nitrogens with one attached hydrogen (secondary N) is 1. The summed E-state index contributed by atoms with van der Waals surface area (Å²) in [6.07, 6.45) is 6.65. The quantitative estimate of drug-likeness (QED) is 0.792. The lowest BCUT2D eigenvalue weighted by atomic mass is 10.0. The van der Waals surface area contributed by atoms with Crippen molar-refractivity contribution in [2.24, 2.45) is 0 Å². The molecule has 1 heterocycles. The minimum atomic E-state index is 0.521. The van der Waals surface area contributed by atoms with Gasteiger partial charge in [-0.25, -0.2) is 0 Å². The van der Waals surface area contributed by atoms with E-state index in [1.54, 1.807) is 0 Å². The van der Waals surface area contributed by atoms with Gasteiger partial charge in [-0.15, -0.1) is 0 Å². The Labute approximate surface area is 138 Å². The molecule has 1 fully saturated rings. The van der Waals surface area contributed by atoms with Gasteiger partial charge in [0.15, 0.2) is 0 Å². The van der Waals surface area contributed by atoms with Crippen LogP contribution < -0.4 is 10.2 Å². The van der Waals surface area contributed by atoms with Gasteiger partial charge in [0.2, 0.25) is 0 Å². The predicted octanol–water partition coefficient (Wildman–Crippen LogP) is 5.11. The van der Waals surface area contributed by atoms with E-state index in [9.17, 15) is 0 Å². The molecule has 0 aliphatic carbocycles. The first-order valence-electron chi connectivity index (χ1n) is 8.40. The van der Waals surface area contributed by atoms with Gasteiger partial charge >= 0.3 is 0 Å². The monoisotopic (exact) mass is 352 g/mol. The SMILES string of the molecule is CCC1CCCCCN1c1cc(Br)ccc1CNC(C)C. The van der Waals surface area contributed by atoms with Crippen molar-refractivity contribution in [3.63, 3.8) is 0 Å². The predicted molar refractivity (Wildman–Crippen MR) is 96.0 cm³/mol. The maximum absolute atomic E-state index is 3.66. The molecule has 118 valence electrons. The van der Waals surface area contributed by atoms with Crippen LogP contribution in [-0.4, -0.2) is 18.6 Å². The Morgan fingerprint density at radius 3 is 2.81 bits per heavy atom. The second-order valence-corrected chi connectivity index (χ2v) is 7.33. The molecule has 0 bridgehead atoms. The van der Waals surface area contributed by atoms with Gasteiger partial charge in [0.05, 0.1) is 0 Å². The number of rotatable bonds is 5. The second kappa shape index (κ2) is 8.19. The van der Waals surface area contributed by atoms with Crippen LogP contribution in [-0.2, 0) is 6.54 Å². The van der Waals surface area contributed by atoms with Crippen LogP contribution in [0.3, 0.4) is 0 Å². The Kier molecular flexibility index (Phi) is 6.56. The number of hydrogen-bond donors (Lipinski definition) is 1. The molecule has 0 saturated carbocycles. The van der Waals surface area contributed by atoms with E-state index in [0.717, 1.165) is 6.54 Å². The molecule has 1 N–H and O–H groups in total. The van der Waals surface area contributed by atoms with Gasteiger partial charge in [0.1, 0.15) is 0 Å². The van der Waals surface area contributed by atoms with Gasteiger partial charge in [-0.3, -0.25) is 0 Å². The zero-order valence-corrected chi connectivity index (χ0v) is 15.2. The van der Waals surface area contributed by atoms with Crippen LogP contribution in [0.2, 0.25) is 0 Å². The zero-order chi connectivity index (χ0) is 15.2. The molecule has 1 aliphatic heterocycles. The van der Waals surface area contributed by atoms with E-state index in [4.69, 9.17) is 0 Å². The van der Waals surface area contributed by atoms with Crippen molar-refractivity contribution >= 4 is 21.6 Å². The van der Waals surface area contributed by atoms with Crippen LogP contribution in [0.4, 0.5) is 5.69 Å². The Balaban J connectivity index is 2.27.